The predicted octanol–water partition coefficient (Wildman–Crippen LogP) is -0.952. The molecule has 0 heterocycles. The zero-order chi connectivity index (χ0) is 5.70. The number of hydrogen-bond acceptors (Lipinski definition) is 3. The van der Waals surface area contributed by atoms with Crippen molar-refractivity contribution in [2.24, 2.45) is 5.73 Å². The van der Waals surface area contributed by atoms with Crippen LogP contribution in [-0.4, -0.2) is 18.7 Å². The summed E-state index contributed by atoms with van der Waals surface area (Å²) >= 11 is 0. The molecule has 0 aromatic heterocycles. The molecule has 3 nitrogen and oxygen atoms in total. The minimum Gasteiger partial charge on any atom is -0.450 e. The summed E-state index contributed by atoms with van der Waals surface area (Å²) in [6.07, 6.45) is 2.10. The average molecular weight is 96.9 g/mol. The topological polar surface area (TPSA) is 70.1 Å². The van der Waals surface area contributed by atoms with Crippen LogP contribution in [0.4, 0.5) is 0 Å². The summed E-state index contributed by atoms with van der Waals surface area (Å²) in [7, 11) is 0.771. The smallest absolute Gasteiger partial charge is 0.329 e. The van der Waals surface area contributed by atoms with Gasteiger partial charge < -0.3 is 16.2 Å². The van der Waals surface area contributed by atoms with Crippen molar-refractivity contribution in [3.63, 3.8) is 0 Å². The largest absolute Gasteiger partial charge is 0.450 e. The molecule has 0 aromatic carbocycles. The highest BCUT2D eigenvalue weighted by Crippen LogP contribution is 1.75. The maximum Gasteiger partial charge on any atom is 0.329 e. The SMILES string of the molecule is N=C/C([B]O)=C\N. The molecule has 0 spiro atoms. The van der Waals surface area contributed by atoms with Crippen molar-refractivity contribution in [1.29, 1.82) is 5.41 Å². The quantitative estimate of drug-likeness (QED) is 0.307. The Kier molecular flexibility index (Phi) is 3.05. The van der Waals surface area contributed by atoms with Crippen LogP contribution in [0.5, 0.6) is 0 Å². The van der Waals surface area contributed by atoms with Gasteiger partial charge in [-0.15, -0.1) is 0 Å². The molecule has 7 heavy (non-hydrogen) atoms. The van der Waals surface area contributed by atoms with E-state index in [1.54, 1.807) is 0 Å². The van der Waals surface area contributed by atoms with Crippen LogP contribution in [-0.2, 0) is 0 Å². The van der Waals surface area contributed by atoms with E-state index in [1.807, 2.05) is 0 Å². The highest BCUT2D eigenvalue weighted by atomic mass is 16.2. The lowest BCUT2D eigenvalue weighted by molar-refractivity contribution is 0.613. The van der Waals surface area contributed by atoms with Crippen LogP contribution in [0.2, 0.25) is 0 Å². The second kappa shape index (κ2) is 3.43. The van der Waals surface area contributed by atoms with E-state index >= 15 is 0 Å². The summed E-state index contributed by atoms with van der Waals surface area (Å²) in [5.74, 6) is 0. The molecule has 0 aliphatic heterocycles. The number of hydrogen-bond donors (Lipinski definition) is 3. The van der Waals surface area contributed by atoms with Crippen LogP contribution >= 0.6 is 0 Å². The number of allylic oxidation sites excluding steroid dienone is 1. The molecule has 0 atom stereocenters. The van der Waals surface area contributed by atoms with Gasteiger partial charge in [0.15, 0.2) is 0 Å². The molecule has 0 aliphatic carbocycles. The molecule has 1 radical (unpaired) electrons. The Balaban J connectivity index is 3.60. The molecule has 0 saturated heterocycles. The second-order valence-corrected chi connectivity index (χ2v) is 0.940. The molecule has 0 bridgehead atoms. The number of rotatable bonds is 2. The van der Waals surface area contributed by atoms with Crippen molar-refractivity contribution in [3.8, 4) is 0 Å². The van der Waals surface area contributed by atoms with E-state index in [1.165, 1.54) is 0 Å². The van der Waals surface area contributed by atoms with Crippen molar-refractivity contribution < 1.29 is 5.02 Å². The molecule has 0 amide bonds. The minimum absolute atomic E-state index is 0.306. The summed E-state index contributed by atoms with van der Waals surface area (Å²) < 4.78 is 0. The van der Waals surface area contributed by atoms with Crippen molar-refractivity contribution in [2.45, 2.75) is 0 Å². The van der Waals surface area contributed by atoms with Gasteiger partial charge in [0.05, 0.1) is 0 Å². The summed E-state index contributed by atoms with van der Waals surface area (Å²) in [5.41, 5.74) is 5.19. The molecular formula is C3H6BN2O. The van der Waals surface area contributed by atoms with E-state index in [0.29, 0.717) is 5.47 Å². The third-order valence-corrected chi connectivity index (χ3v) is 0.508. The van der Waals surface area contributed by atoms with E-state index < -0.39 is 0 Å². The Morgan fingerprint density at radius 2 is 2.43 bits per heavy atom. The van der Waals surface area contributed by atoms with E-state index in [2.05, 4.69) is 0 Å². The van der Waals surface area contributed by atoms with Crippen molar-refractivity contribution in [3.05, 3.63) is 11.7 Å². The lowest BCUT2D eigenvalue weighted by Gasteiger charge is -1.83. The van der Waals surface area contributed by atoms with Gasteiger partial charge in [-0.05, 0) is 11.7 Å². The van der Waals surface area contributed by atoms with Gasteiger partial charge in [-0.2, -0.15) is 0 Å². The van der Waals surface area contributed by atoms with Gasteiger partial charge in [0.25, 0.3) is 0 Å². The summed E-state index contributed by atoms with van der Waals surface area (Å²) in [6, 6.07) is 0. The van der Waals surface area contributed by atoms with Gasteiger partial charge >= 0.3 is 7.48 Å². The Bertz CT molecular complexity index is 90.9. The van der Waals surface area contributed by atoms with Gasteiger partial charge in [-0.3, -0.25) is 0 Å². The summed E-state index contributed by atoms with van der Waals surface area (Å²) in [6.45, 7) is 0. The third kappa shape index (κ3) is 2.00. The molecule has 37 valence electrons. The highest BCUT2D eigenvalue weighted by molar-refractivity contribution is 6.44. The van der Waals surface area contributed by atoms with Gasteiger partial charge in [0.1, 0.15) is 0 Å². The molecule has 4 heteroatoms. The fourth-order valence-electron chi connectivity index (χ4n) is 0.128. The molecule has 0 aromatic rings. The first-order valence-electron chi connectivity index (χ1n) is 1.75. The lowest BCUT2D eigenvalue weighted by atomic mass is 9.90. The van der Waals surface area contributed by atoms with Crippen LogP contribution < -0.4 is 5.73 Å². The van der Waals surface area contributed by atoms with Crippen LogP contribution in [0, 0.1) is 5.41 Å². The van der Waals surface area contributed by atoms with Gasteiger partial charge in [-0.1, -0.05) is 0 Å². The van der Waals surface area contributed by atoms with Crippen LogP contribution in [0.15, 0.2) is 11.7 Å². The lowest BCUT2D eigenvalue weighted by Crippen LogP contribution is -1.98. The first-order chi connectivity index (χ1) is 3.35. The standard InChI is InChI=1S/C3H6BN2O/c5-1-3(2-6)4-7/h1-2,5,7H,6H2/b3-2+,5-1?. The van der Waals surface area contributed by atoms with Crippen molar-refractivity contribution >= 4 is 13.7 Å². The van der Waals surface area contributed by atoms with Crippen molar-refractivity contribution in [1.82, 2.24) is 0 Å². The Labute approximate surface area is 42.6 Å². The van der Waals surface area contributed by atoms with Gasteiger partial charge in [0, 0.05) is 6.21 Å². The van der Waals surface area contributed by atoms with E-state index in [-0.39, 0.29) is 0 Å². The molecular weight excluding hydrogens is 90.9 g/mol. The Morgan fingerprint density at radius 3 is 2.43 bits per heavy atom. The van der Waals surface area contributed by atoms with Gasteiger partial charge in [0.2, 0.25) is 0 Å². The van der Waals surface area contributed by atoms with Gasteiger partial charge in [-0.25, -0.2) is 0 Å². The molecule has 0 fully saturated rings. The fourth-order valence-corrected chi connectivity index (χ4v) is 0.128. The molecule has 0 saturated carbocycles. The van der Waals surface area contributed by atoms with Crippen LogP contribution in [0.3, 0.4) is 0 Å². The molecule has 0 unspecified atom stereocenters. The van der Waals surface area contributed by atoms with E-state index in [4.69, 9.17) is 16.2 Å². The van der Waals surface area contributed by atoms with Crippen molar-refractivity contribution in [2.75, 3.05) is 0 Å². The minimum atomic E-state index is 0.306. The van der Waals surface area contributed by atoms with Crippen LogP contribution in [0.25, 0.3) is 0 Å². The normalized spacial score (nSPS) is 10.7. The number of nitrogens with one attached hydrogen (secondary N) is 1. The maximum atomic E-state index is 8.10. The van der Waals surface area contributed by atoms with Crippen LogP contribution in [0.1, 0.15) is 0 Å². The number of nitrogens with two attached hydrogens (primary N) is 1. The maximum absolute atomic E-state index is 8.10. The predicted molar refractivity (Wildman–Crippen MR) is 29.0 cm³/mol. The average Bonchev–Trinajstić information content (AvgIpc) is 1.72. The monoisotopic (exact) mass is 97.1 g/mol. The highest BCUT2D eigenvalue weighted by Gasteiger charge is 1.86. The summed E-state index contributed by atoms with van der Waals surface area (Å²) in [4.78, 5) is 0. The molecule has 4 N–H and O–H groups in total. The first-order valence-corrected chi connectivity index (χ1v) is 1.75. The van der Waals surface area contributed by atoms with E-state index in [0.717, 1.165) is 19.9 Å². The van der Waals surface area contributed by atoms with E-state index in [9.17, 15) is 0 Å². The zero-order valence-corrected chi connectivity index (χ0v) is 3.76. The Morgan fingerprint density at radius 1 is 1.86 bits per heavy atom. The molecule has 0 rings (SSSR count). The second-order valence-electron chi connectivity index (χ2n) is 0.940. The third-order valence-electron chi connectivity index (χ3n) is 0.508. The zero-order valence-electron chi connectivity index (χ0n) is 3.76. The Hall–Kier alpha value is -0.765. The fraction of sp³-hybridized carbons (Fsp3) is 0. The molecule has 0 aliphatic rings. The summed E-state index contributed by atoms with van der Waals surface area (Å²) in [5, 5.41) is 14.6. The first kappa shape index (κ1) is 6.23.